The normalized spacial score (nSPS) is 10.6. The molecule has 0 saturated heterocycles. The monoisotopic (exact) mass is 165 g/mol. The average molecular weight is 165 g/mol. The van der Waals surface area contributed by atoms with Crippen LogP contribution in [0.15, 0.2) is 30.3 Å². The Labute approximate surface area is 73.1 Å². The van der Waals surface area contributed by atoms with E-state index in [2.05, 4.69) is 0 Å². The van der Waals surface area contributed by atoms with Crippen molar-refractivity contribution in [2.75, 3.05) is 14.2 Å². The summed E-state index contributed by atoms with van der Waals surface area (Å²) in [6, 6.07) is 10.1. The van der Waals surface area contributed by atoms with Crippen LogP contribution in [-0.4, -0.2) is 14.2 Å². The molecule has 0 aliphatic carbocycles. The van der Waals surface area contributed by atoms with Gasteiger partial charge in [-0.3, -0.25) is 0 Å². The zero-order valence-corrected chi connectivity index (χ0v) is 7.41. The summed E-state index contributed by atoms with van der Waals surface area (Å²) < 4.78 is 10.00. The van der Waals surface area contributed by atoms with E-state index in [1.807, 2.05) is 30.3 Å². The summed E-state index contributed by atoms with van der Waals surface area (Å²) in [5, 5.41) is 0. The van der Waals surface area contributed by atoms with E-state index in [9.17, 15) is 0 Å². The Morgan fingerprint density at radius 1 is 1.08 bits per heavy atom. The van der Waals surface area contributed by atoms with Gasteiger partial charge in [-0.15, -0.1) is 0 Å². The highest BCUT2D eigenvalue weighted by atomic mass is 16.7. The Balaban J connectivity index is 2.51. The van der Waals surface area contributed by atoms with Crippen LogP contribution in [0.2, 0.25) is 0 Å². The summed E-state index contributed by atoms with van der Waals surface area (Å²) in [4.78, 5) is 0. The minimum Gasteiger partial charge on any atom is -0.348 e. The molecule has 0 bridgehead atoms. The number of hydrogen-bond donors (Lipinski definition) is 0. The Bertz CT molecular complexity index is 204. The zero-order valence-electron chi connectivity index (χ0n) is 7.41. The lowest BCUT2D eigenvalue weighted by molar-refractivity contribution is 0.00267. The van der Waals surface area contributed by atoms with E-state index in [0.717, 1.165) is 0 Å². The predicted molar refractivity (Wildman–Crippen MR) is 47.4 cm³/mol. The molecule has 0 spiro atoms. The third-order valence-corrected chi connectivity index (χ3v) is 1.65. The minimum atomic E-state index is 0.640. The summed E-state index contributed by atoms with van der Waals surface area (Å²) in [5.41, 5.74) is 1.19. The van der Waals surface area contributed by atoms with Crippen LogP contribution in [0.3, 0.4) is 0 Å². The summed E-state index contributed by atoms with van der Waals surface area (Å²) in [6.45, 7) is 0. The molecule has 1 rings (SSSR count). The molecule has 2 heteroatoms. The smallest absolute Gasteiger partial charge is 0.227 e. The van der Waals surface area contributed by atoms with Crippen LogP contribution in [0.1, 0.15) is 5.56 Å². The second kappa shape index (κ2) is 4.91. The van der Waals surface area contributed by atoms with Gasteiger partial charge in [-0.1, -0.05) is 30.3 Å². The number of ether oxygens (including phenoxy) is 2. The van der Waals surface area contributed by atoms with Crippen molar-refractivity contribution in [1.82, 2.24) is 0 Å². The predicted octanol–water partition coefficient (Wildman–Crippen LogP) is 2.01. The third-order valence-electron chi connectivity index (χ3n) is 1.65. The summed E-state index contributed by atoms with van der Waals surface area (Å²) in [5.74, 6) is 0. The van der Waals surface area contributed by atoms with Gasteiger partial charge >= 0.3 is 0 Å². The van der Waals surface area contributed by atoms with Crippen molar-refractivity contribution in [3.8, 4) is 0 Å². The summed E-state index contributed by atoms with van der Waals surface area (Å²) >= 11 is 0. The van der Waals surface area contributed by atoms with Crippen LogP contribution in [-0.2, 0) is 15.9 Å². The van der Waals surface area contributed by atoms with E-state index in [4.69, 9.17) is 9.47 Å². The molecule has 12 heavy (non-hydrogen) atoms. The second-order valence-electron chi connectivity index (χ2n) is 2.44. The summed E-state index contributed by atoms with van der Waals surface area (Å²) in [6.07, 6.45) is 1.36. The van der Waals surface area contributed by atoms with Crippen LogP contribution in [0, 0.1) is 6.29 Å². The first-order chi connectivity index (χ1) is 5.86. The lowest BCUT2D eigenvalue weighted by Crippen LogP contribution is -2.06. The van der Waals surface area contributed by atoms with Gasteiger partial charge in [-0.25, -0.2) is 0 Å². The maximum Gasteiger partial charge on any atom is 0.227 e. The topological polar surface area (TPSA) is 18.5 Å². The maximum atomic E-state index is 5.00. The van der Waals surface area contributed by atoms with Gasteiger partial charge in [0.15, 0.2) is 0 Å². The van der Waals surface area contributed by atoms with Crippen molar-refractivity contribution >= 4 is 0 Å². The molecule has 0 amide bonds. The van der Waals surface area contributed by atoms with Gasteiger partial charge in [-0.2, -0.15) is 0 Å². The van der Waals surface area contributed by atoms with Gasteiger partial charge in [0, 0.05) is 20.6 Å². The molecule has 0 fully saturated rings. The molecule has 0 aliphatic rings. The lowest BCUT2D eigenvalue weighted by atomic mass is 10.1. The number of methoxy groups -OCH3 is 2. The van der Waals surface area contributed by atoms with Crippen molar-refractivity contribution in [2.45, 2.75) is 6.42 Å². The van der Waals surface area contributed by atoms with Crippen molar-refractivity contribution in [3.63, 3.8) is 0 Å². The van der Waals surface area contributed by atoms with E-state index in [-0.39, 0.29) is 0 Å². The first kappa shape index (κ1) is 9.23. The molecule has 0 heterocycles. The first-order valence-corrected chi connectivity index (χ1v) is 3.84. The van der Waals surface area contributed by atoms with Crippen LogP contribution >= 0.6 is 0 Å². The van der Waals surface area contributed by atoms with Crippen molar-refractivity contribution in [1.29, 1.82) is 0 Å². The van der Waals surface area contributed by atoms with Gasteiger partial charge in [0.25, 0.3) is 0 Å². The molecule has 1 aromatic carbocycles. The molecular formula is C10H13O2. The Hall–Kier alpha value is -0.860. The van der Waals surface area contributed by atoms with Gasteiger partial charge in [0.05, 0.1) is 0 Å². The van der Waals surface area contributed by atoms with Crippen molar-refractivity contribution in [3.05, 3.63) is 42.2 Å². The highest BCUT2D eigenvalue weighted by Crippen LogP contribution is 2.10. The molecule has 2 nitrogen and oxygen atoms in total. The highest BCUT2D eigenvalue weighted by molar-refractivity contribution is 5.16. The van der Waals surface area contributed by atoms with Crippen molar-refractivity contribution < 1.29 is 9.47 Å². The van der Waals surface area contributed by atoms with E-state index >= 15 is 0 Å². The quantitative estimate of drug-likeness (QED) is 0.679. The average Bonchev–Trinajstić information content (AvgIpc) is 2.16. The van der Waals surface area contributed by atoms with Gasteiger partial charge in [-0.05, 0) is 5.56 Å². The molecule has 1 aromatic rings. The van der Waals surface area contributed by atoms with E-state index < -0.39 is 0 Å². The fourth-order valence-corrected chi connectivity index (χ4v) is 0.990. The number of benzene rings is 1. The molecule has 1 radical (unpaired) electrons. The third kappa shape index (κ3) is 2.64. The molecule has 65 valence electrons. The number of hydrogen-bond acceptors (Lipinski definition) is 2. The van der Waals surface area contributed by atoms with Crippen molar-refractivity contribution in [2.24, 2.45) is 0 Å². The van der Waals surface area contributed by atoms with Crippen LogP contribution in [0.5, 0.6) is 0 Å². The molecule has 0 saturated carbocycles. The fourth-order valence-electron chi connectivity index (χ4n) is 0.990. The SMILES string of the molecule is CO[C](Cc1ccccc1)OC. The molecule has 0 aromatic heterocycles. The zero-order chi connectivity index (χ0) is 8.81. The van der Waals surface area contributed by atoms with Crippen LogP contribution in [0.25, 0.3) is 0 Å². The van der Waals surface area contributed by atoms with Crippen LogP contribution < -0.4 is 0 Å². The fraction of sp³-hybridized carbons (Fsp3) is 0.300. The molecule has 0 N–H and O–H groups in total. The van der Waals surface area contributed by atoms with E-state index in [0.29, 0.717) is 12.7 Å². The highest BCUT2D eigenvalue weighted by Gasteiger charge is 2.07. The van der Waals surface area contributed by atoms with Crippen LogP contribution in [0.4, 0.5) is 0 Å². The Morgan fingerprint density at radius 2 is 1.67 bits per heavy atom. The molecule has 0 atom stereocenters. The molecule has 0 aliphatic heterocycles. The maximum absolute atomic E-state index is 5.00. The van der Waals surface area contributed by atoms with Gasteiger partial charge in [0.1, 0.15) is 0 Å². The second-order valence-corrected chi connectivity index (χ2v) is 2.44. The summed E-state index contributed by atoms with van der Waals surface area (Å²) in [7, 11) is 3.23. The lowest BCUT2D eigenvalue weighted by Gasteiger charge is -2.10. The molecule has 0 unspecified atom stereocenters. The molecular weight excluding hydrogens is 152 g/mol. The van der Waals surface area contributed by atoms with E-state index in [1.54, 1.807) is 14.2 Å². The largest absolute Gasteiger partial charge is 0.348 e. The minimum absolute atomic E-state index is 0.640. The standard InChI is InChI=1S/C10H13O2/c1-11-10(12-2)8-9-6-4-3-5-7-9/h3-7H,8H2,1-2H3. The first-order valence-electron chi connectivity index (χ1n) is 3.84. The Kier molecular flexibility index (Phi) is 3.77. The van der Waals surface area contributed by atoms with Gasteiger partial charge < -0.3 is 9.47 Å². The van der Waals surface area contributed by atoms with Gasteiger partial charge in [0.2, 0.25) is 6.29 Å². The number of rotatable bonds is 4. The Morgan fingerprint density at radius 3 is 2.17 bits per heavy atom. The van der Waals surface area contributed by atoms with E-state index in [1.165, 1.54) is 5.56 Å².